The molecule has 1 unspecified atom stereocenters. The Bertz CT molecular complexity index is 690. The number of hydrogen-bond acceptors (Lipinski definition) is 4. The first-order valence-electron chi connectivity index (χ1n) is 7.35. The van der Waals surface area contributed by atoms with E-state index in [0.29, 0.717) is 12.0 Å². The van der Waals surface area contributed by atoms with E-state index in [9.17, 15) is 22.4 Å². The van der Waals surface area contributed by atoms with E-state index in [1.807, 2.05) is 0 Å². The summed E-state index contributed by atoms with van der Waals surface area (Å²) in [5, 5.41) is 5.02. The van der Waals surface area contributed by atoms with Crippen molar-refractivity contribution in [3.8, 4) is 0 Å². The zero-order valence-corrected chi connectivity index (χ0v) is 13.4. The van der Waals surface area contributed by atoms with E-state index in [1.165, 1.54) is 6.07 Å². The van der Waals surface area contributed by atoms with Crippen LogP contribution in [0.1, 0.15) is 18.4 Å². The van der Waals surface area contributed by atoms with Gasteiger partial charge in [0, 0.05) is 12.5 Å². The van der Waals surface area contributed by atoms with Crippen LogP contribution < -0.4 is 10.6 Å². The lowest BCUT2D eigenvalue weighted by atomic mass is 10.1. The van der Waals surface area contributed by atoms with E-state index >= 15 is 0 Å². The number of hydrogen-bond donors (Lipinski definition) is 2. The predicted molar refractivity (Wildman–Crippen MR) is 82.9 cm³/mol. The lowest BCUT2D eigenvalue weighted by Crippen LogP contribution is -2.42. The minimum Gasteiger partial charge on any atom is -0.351 e. The third kappa shape index (κ3) is 5.63. The minimum absolute atomic E-state index is 0.0556. The highest BCUT2D eigenvalue weighted by Gasteiger charge is 2.28. The maximum atomic E-state index is 13.4. The molecule has 1 fully saturated rings. The number of carbonyl (C=O) groups excluding carboxylic acids is 2. The van der Waals surface area contributed by atoms with Crippen LogP contribution in [0, 0.1) is 5.82 Å². The molecule has 6 nitrogen and oxygen atoms in total. The average molecular weight is 342 g/mol. The highest BCUT2D eigenvalue weighted by molar-refractivity contribution is 7.91. The second kappa shape index (κ2) is 7.54. The van der Waals surface area contributed by atoms with Crippen LogP contribution >= 0.6 is 0 Å². The largest absolute Gasteiger partial charge is 0.351 e. The van der Waals surface area contributed by atoms with Crippen molar-refractivity contribution >= 4 is 21.7 Å². The molecule has 1 aliphatic rings. The van der Waals surface area contributed by atoms with E-state index < -0.39 is 15.7 Å². The van der Waals surface area contributed by atoms with E-state index in [2.05, 4.69) is 10.6 Å². The van der Waals surface area contributed by atoms with Crippen molar-refractivity contribution in [2.75, 3.05) is 18.1 Å². The molecule has 1 aromatic rings. The van der Waals surface area contributed by atoms with E-state index in [0.717, 1.165) is 0 Å². The first-order valence-corrected chi connectivity index (χ1v) is 9.18. The maximum absolute atomic E-state index is 13.4. The topological polar surface area (TPSA) is 92.3 Å². The third-order valence-electron chi connectivity index (χ3n) is 3.62. The molecule has 2 amide bonds. The van der Waals surface area contributed by atoms with Crippen molar-refractivity contribution in [1.29, 1.82) is 0 Å². The van der Waals surface area contributed by atoms with E-state index in [4.69, 9.17) is 0 Å². The average Bonchev–Trinajstić information content (AvgIpc) is 2.83. The summed E-state index contributed by atoms with van der Waals surface area (Å²) in [6, 6.07) is 5.82. The van der Waals surface area contributed by atoms with Crippen LogP contribution in [0.4, 0.5) is 4.39 Å². The van der Waals surface area contributed by atoms with Gasteiger partial charge in [-0.1, -0.05) is 18.2 Å². The lowest BCUT2D eigenvalue weighted by Gasteiger charge is -2.11. The highest BCUT2D eigenvalue weighted by Crippen LogP contribution is 2.11. The van der Waals surface area contributed by atoms with Gasteiger partial charge in [0.15, 0.2) is 9.84 Å². The first kappa shape index (κ1) is 17.4. The van der Waals surface area contributed by atoms with Gasteiger partial charge in [0.2, 0.25) is 11.8 Å². The third-order valence-corrected chi connectivity index (χ3v) is 5.39. The van der Waals surface area contributed by atoms with Gasteiger partial charge in [-0.05, 0) is 24.5 Å². The Hall–Kier alpha value is -1.96. The standard InChI is InChI=1S/C15H19FN2O4S/c16-13-4-2-1-3-11(13)5-6-14(19)17-9-15(20)18-12-7-8-23(21,22)10-12/h1-4,12H,5-10H2,(H,17,19)(H,18,20). The second-order valence-electron chi connectivity index (χ2n) is 5.54. The Morgan fingerprint density at radius 2 is 1.96 bits per heavy atom. The fourth-order valence-electron chi connectivity index (χ4n) is 2.40. The summed E-state index contributed by atoms with van der Waals surface area (Å²) in [4.78, 5) is 23.3. The number of benzene rings is 1. The van der Waals surface area contributed by atoms with Gasteiger partial charge in [0.1, 0.15) is 5.82 Å². The smallest absolute Gasteiger partial charge is 0.239 e. The summed E-state index contributed by atoms with van der Waals surface area (Å²) in [6.07, 6.45) is 0.725. The van der Waals surface area contributed by atoms with Crippen molar-refractivity contribution in [2.45, 2.75) is 25.3 Å². The molecule has 8 heteroatoms. The molecule has 0 aromatic heterocycles. The second-order valence-corrected chi connectivity index (χ2v) is 7.76. The number of carbonyl (C=O) groups is 2. The van der Waals surface area contributed by atoms with Crippen molar-refractivity contribution in [3.63, 3.8) is 0 Å². The fraction of sp³-hybridized carbons (Fsp3) is 0.467. The molecule has 0 bridgehead atoms. The molecule has 126 valence electrons. The van der Waals surface area contributed by atoms with Crippen LogP contribution in [0.3, 0.4) is 0 Å². The SMILES string of the molecule is O=C(CCc1ccccc1F)NCC(=O)NC1CCS(=O)(=O)C1. The molecule has 1 aliphatic heterocycles. The van der Waals surface area contributed by atoms with Crippen molar-refractivity contribution in [2.24, 2.45) is 0 Å². The Morgan fingerprint density at radius 1 is 1.22 bits per heavy atom. The summed E-state index contributed by atoms with van der Waals surface area (Å²) in [6.45, 7) is -0.216. The Balaban J connectivity index is 1.68. The van der Waals surface area contributed by atoms with Gasteiger partial charge in [-0.25, -0.2) is 12.8 Å². The van der Waals surface area contributed by atoms with Gasteiger partial charge in [-0.3, -0.25) is 9.59 Å². The molecule has 1 aromatic carbocycles. The number of sulfone groups is 1. The molecule has 0 radical (unpaired) electrons. The quantitative estimate of drug-likeness (QED) is 0.771. The molecule has 2 N–H and O–H groups in total. The molecule has 2 rings (SSSR count). The number of aryl methyl sites for hydroxylation is 1. The summed E-state index contributed by atoms with van der Waals surface area (Å²) in [5.41, 5.74) is 0.447. The number of halogens is 1. The maximum Gasteiger partial charge on any atom is 0.239 e. The number of nitrogens with one attached hydrogen (secondary N) is 2. The van der Waals surface area contributed by atoms with Crippen molar-refractivity contribution < 1.29 is 22.4 Å². The van der Waals surface area contributed by atoms with E-state index in [1.54, 1.807) is 18.2 Å². The summed E-state index contributed by atoms with van der Waals surface area (Å²) >= 11 is 0. The molecule has 23 heavy (non-hydrogen) atoms. The zero-order chi connectivity index (χ0) is 16.9. The Kier molecular flexibility index (Phi) is 5.70. The summed E-state index contributed by atoms with van der Waals surface area (Å²) in [7, 11) is -3.05. The normalized spacial score (nSPS) is 19.3. The molecule has 0 spiro atoms. The van der Waals surface area contributed by atoms with Crippen LogP contribution in [0.5, 0.6) is 0 Å². The van der Waals surface area contributed by atoms with Crippen LogP contribution in [0.25, 0.3) is 0 Å². The summed E-state index contributed by atoms with van der Waals surface area (Å²) in [5.74, 6) is -1.12. The monoisotopic (exact) mass is 342 g/mol. The molecule has 1 heterocycles. The number of amides is 2. The van der Waals surface area contributed by atoms with E-state index in [-0.39, 0.29) is 48.7 Å². The van der Waals surface area contributed by atoms with Gasteiger partial charge in [0.05, 0.1) is 18.1 Å². The Labute approximate surface area is 134 Å². The van der Waals surface area contributed by atoms with Gasteiger partial charge in [0.25, 0.3) is 0 Å². The zero-order valence-electron chi connectivity index (χ0n) is 12.5. The van der Waals surface area contributed by atoms with Gasteiger partial charge in [-0.2, -0.15) is 0 Å². The predicted octanol–water partition coefficient (Wildman–Crippen LogP) is 0.178. The molecule has 0 saturated carbocycles. The molecular formula is C15H19FN2O4S. The summed E-state index contributed by atoms with van der Waals surface area (Å²) < 4.78 is 36.0. The molecule has 1 saturated heterocycles. The minimum atomic E-state index is -3.05. The fourth-order valence-corrected chi connectivity index (χ4v) is 4.08. The van der Waals surface area contributed by atoms with Crippen LogP contribution in [0.15, 0.2) is 24.3 Å². The highest BCUT2D eigenvalue weighted by atomic mass is 32.2. The lowest BCUT2D eigenvalue weighted by molar-refractivity contribution is -0.126. The van der Waals surface area contributed by atoms with Crippen LogP contribution in [-0.2, 0) is 25.8 Å². The van der Waals surface area contributed by atoms with Gasteiger partial charge >= 0.3 is 0 Å². The molecule has 0 aliphatic carbocycles. The molecular weight excluding hydrogens is 323 g/mol. The number of rotatable bonds is 6. The Morgan fingerprint density at radius 3 is 2.61 bits per heavy atom. The van der Waals surface area contributed by atoms with Crippen LogP contribution in [0.2, 0.25) is 0 Å². The van der Waals surface area contributed by atoms with Crippen LogP contribution in [-0.4, -0.2) is 44.3 Å². The molecule has 1 atom stereocenters. The van der Waals surface area contributed by atoms with Crippen molar-refractivity contribution in [1.82, 2.24) is 10.6 Å². The first-order chi connectivity index (χ1) is 10.9. The van der Waals surface area contributed by atoms with Gasteiger partial charge < -0.3 is 10.6 Å². The van der Waals surface area contributed by atoms with Gasteiger partial charge in [-0.15, -0.1) is 0 Å². The van der Waals surface area contributed by atoms with Crippen molar-refractivity contribution in [3.05, 3.63) is 35.6 Å².